The predicted molar refractivity (Wildman–Crippen MR) is 86.0 cm³/mol. The lowest BCUT2D eigenvalue weighted by molar-refractivity contribution is -0.123. The lowest BCUT2D eigenvalue weighted by Gasteiger charge is -2.39. The van der Waals surface area contributed by atoms with Crippen LogP contribution < -0.4 is 0 Å². The second-order valence-corrected chi connectivity index (χ2v) is 7.21. The molecule has 0 N–H and O–H groups in total. The molecule has 2 bridgehead atoms. The summed E-state index contributed by atoms with van der Waals surface area (Å²) in [5, 5.41) is 0. The molecule has 21 heavy (non-hydrogen) atoms. The number of Topliss-reactive ketones (excluding diaryl/α,β-unsaturated/α-hetero) is 1. The summed E-state index contributed by atoms with van der Waals surface area (Å²) in [7, 11) is 0. The Balaban J connectivity index is 1.61. The molecule has 0 aromatic heterocycles. The lowest BCUT2D eigenvalue weighted by atomic mass is 9.85. The van der Waals surface area contributed by atoms with Gasteiger partial charge in [0, 0.05) is 31.0 Å². The Morgan fingerprint density at radius 2 is 1.76 bits per heavy atom. The Kier molecular flexibility index (Phi) is 4.44. The van der Waals surface area contributed by atoms with Gasteiger partial charge in [-0.05, 0) is 37.2 Å². The minimum Gasteiger partial charge on any atom is -0.299 e. The van der Waals surface area contributed by atoms with Crippen molar-refractivity contribution in [2.45, 2.75) is 64.6 Å². The van der Waals surface area contributed by atoms with Gasteiger partial charge in [0.05, 0.1) is 0 Å². The molecule has 2 aliphatic rings. The van der Waals surface area contributed by atoms with Crippen molar-refractivity contribution in [3.05, 3.63) is 35.9 Å². The minimum absolute atomic E-state index is 0.199. The van der Waals surface area contributed by atoms with Gasteiger partial charge in [0.1, 0.15) is 5.78 Å². The van der Waals surface area contributed by atoms with Crippen LogP contribution in [0, 0.1) is 11.8 Å². The molecule has 0 spiro atoms. The van der Waals surface area contributed by atoms with Crippen LogP contribution in [-0.4, -0.2) is 22.8 Å². The van der Waals surface area contributed by atoms with Crippen LogP contribution in [0.15, 0.2) is 30.3 Å². The number of benzene rings is 1. The lowest BCUT2D eigenvalue weighted by Crippen LogP contribution is -2.42. The first-order valence-electron chi connectivity index (χ1n) is 8.46. The Labute approximate surface area is 128 Å². The van der Waals surface area contributed by atoms with E-state index in [9.17, 15) is 4.79 Å². The number of nitrogens with zero attached hydrogens (tertiary/aromatic N) is 1. The topological polar surface area (TPSA) is 20.3 Å². The number of carbonyl (C=O) groups excluding carboxylic acids is 1. The van der Waals surface area contributed by atoms with Crippen LogP contribution >= 0.6 is 0 Å². The highest BCUT2D eigenvalue weighted by Gasteiger charge is 2.40. The first-order chi connectivity index (χ1) is 10.1. The standard InChI is InChI=1S/C19H27NO/c1-14(2)19(21)12-16-10-17-8-9-18(11-16)20(17)13-15-6-4-3-5-7-15/h3-7,14,16-18H,8-13H2,1-2H3. The minimum atomic E-state index is 0.199. The average molecular weight is 285 g/mol. The highest BCUT2D eigenvalue weighted by molar-refractivity contribution is 5.80. The van der Waals surface area contributed by atoms with Crippen LogP contribution in [0.2, 0.25) is 0 Å². The number of piperidine rings is 1. The number of fused-ring (bicyclic) bond motifs is 2. The summed E-state index contributed by atoms with van der Waals surface area (Å²) in [5.41, 5.74) is 1.42. The van der Waals surface area contributed by atoms with E-state index in [4.69, 9.17) is 0 Å². The van der Waals surface area contributed by atoms with Crippen molar-refractivity contribution in [1.82, 2.24) is 4.90 Å². The van der Waals surface area contributed by atoms with E-state index in [0.717, 1.165) is 13.0 Å². The second kappa shape index (κ2) is 6.31. The molecule has 114 valence electrons. The van der Waals surface area contributed by atoms with Gasteiger partial charge in [-0.25, -0.2) is 0 Å². The van der Waals surface area contributed by atoms with E-state index < -0.39 is 0 Å². The number of hydrogen-bond donors (Lipinski definition) is 0. The zero-order chi connectivity index (χ0) is 14.8. The summed E-state index contributed by atoms with van der Waals surface area (Å²) < 4.78 is 0. The molecule has 2 heterocycles. The molecular formula is C19H27NO. The Morgan fingerprint density at radius 1 is 1.14 bits per heavy atom. The largest absolute Gasteiger partial charge is 0.299 e. The average Bonchev–Trinajstić information content (AvgIpc) is 2.71. The van der Waals surface area contributed by atoms with E-state index in [-0.39, 0.29) is 5.92 Å². The molecule has 2 heteroatoms. The van der Waals surface area contributed by atoms with E-state index in [1.807, 2.05) is 13.8 Å². The third-order valence-electron chi connectivity index (χ3n) is 5.32. The van der Waals surface area contributed by atoms with Crippen molar-refractivity contribution in [2.24, 2.45) is 11.8 Å². The van der Waals surface area contributed by atoms with Crippen molar-refractivity contribution in [2.75, 3.05) is 0 Å². The summed E-state index contributed by atoms with van der Waals surface area (Å²) >= 11 is 0. The van der Waals surface area contributed by atoms with Gasteiger partial charge in [0.15, 0.2) is 0 Å². The fourth-order valence-electron chi connectivity index (χ4n) is 4.13. The third kappa shape index (κ3) is 3.37. The molecule has 2 atom stereocenters. The van der Waals surface area contributed by atoms with Crippen molar-refractivity contribution in [3.63, 3.8) is 0 Å². The normalized spacial score (nSPS) is 29.0. The zero-order valence-electron chi connectivity index (χ0n) is 13.3. The van der Waals surface area contributed by atoms with E-state index >= 15 is 0 Å². The first kappa shape index (κ1) is 14.8. The third-order valence-corrected chi connectivity index (χ3v) is 5.32. The predicted octanol–water partition coefficient (Wildman–Crippen LogP) is 4.04. The Bertz CT molecular complexity index is 468. The van der Waals surface area contributed by atoms with Gasteiger partial charge < -0.3 is 0 Å². The van der Waals surface area contributed by atoms with Crippen LogP contribution in [0.25, 0.3) is 0 Å². The molecule has 2 nitrogen and oxygen atoms in total. The first-order valence-corrected chi connectivity index (χ1v) is 8.46. The number of carbonyl (C=O) groups is 1. The van der Waals surface area contributed by atoms with E-state index in [1.165, 1.54) is 31.2 Å². The maximum atomic E-state index is 12.0. The summed E-state index contributed by atoms with van der Waals surface area (Å²) in [4.78, 5) is 14.7. The van der Waals surface area contributed by atoms with Gasteiger partial charge in [0.25, 0.3) is 0 Å². The van der Waals surface area contributed by atoms with Gasteiger partial charge in [-0.1, -0.05) is 44.2 Å². The van der Waals surface area contributed by atoms with Crippen LogP contribution in [0.3, 0.4) is 0 Å². The summed E-state index contributed by atoms with van der Waals surface area (Å²) in [6.45, 7) is 5.14. The van der Waals surface area contributed by atoms with Gasteiger partial charge in [-0.2, -0.15) is 0 Å². The van der Waals surface area contributed by atoms with Crippen LogP contribution in [0.4, 0.5) is 0 Å². The molecule has 3 rings (SSSR count). The Hall–Kier alpha value is -1.15. The molecule has 2 unspecified atom stereocenters. The zero-order valence-corrected chi connectivity index (χ0v) is 13.3. The van der Waals surface area contributed by atoms with Gasteiger partial charge >= 0.3 is 0 Å². The Morgan fingerprint density at radius 3 is 2.33 bits per heavy atom. The molecule has 0 radical (unpaired) electrons. The number of ketones is 1. The van der Waals surface area contributed by atoms with Crippen molar-refractivity contribution >= 4 is 5.78 Å². The summed E-state index contributed by atoms with van der Waals surface area (Å²) in [5.74, 6) is 1.28. The van der Waals surface area contributed by atoms with E-state index in [2.05, 4.69) is 35.2 Å². The quantitative estimate of drug-likeness (QED) is 0.813. The highest BCUT2D eigenvalue weighted by atomic mass is 16.1. The SMILES string of the molecule is CC(C)C(=O)CC1CC2CCC(C1)N2Cc1ccccc1. The van der Waals surface area contributed by atoms with Gasteiger partial charge in [-0.15, -0.1) is 0 Å². The summed E-state index contributed by atoms with van der Waals surface area (Å²) in [6.07, 6.45) is 5.90. The maximum Gasteiger partial charge on any atom is 0.135 e. The van der Waals surface area contributed by atoms with E-state index in [0.29, 0.717) is 23.8 Å². The molecule has 2 fully saturated rings. The summed E-state index contributed by atoms with van der Waals surface area (Å²) in [6, 6.07) is 12.2. The van der Waals surface area contributed by atoms with Gasteiger partial charge in [-0.3, -0.25) is 9.69 Å². The van der Waals surface area contributed by atoms with Crippen molar-refractivity contribution in [3.8, 4) is 0 Å². The smallest absolute Gasteiger partial charge is 0.135 e. The molecule has 0 saturated carbocycles. The van der Waals surface area contributed by atoms with Crippen molar-refractivity contribution < 1.29 is 4.79 Å². The van der Waals surface area contributed by atoms with Crippen molar-refractivity contribution in [1.29, 1.82) is 0 Å². The van der Waals surface area contributed by atoms with Crippen LogP contribution in [-0.2, 0) is 11.3 Å². The maximum absolute atomic E-state index is 12.0. The molecule has 2 aliphatic heterocycles. The second-order valence-electron chi connectivity index (χ2n) is 7.21. The molecule has 1 aromatic carbocycles. The molecule has 2 saturated heterocycles. The fourth-order valence-corrected chi connectivity index (χ4v) is 4.13. The monoisotopic (exact) mass is 285 g/mol. The van der Waals surface area contributed by atoms with Crippen LogP contribution in [0.5, 0.6) is 0 Å². The molecule has 0 aliphatic carbocycles. The molecular weight excluding hydrogens is 258 g/mol. The highest BCUT2D eigenvalue weighted by Crippen LogP contribution is 2.41. The number of rotatable bonds is 5. The molecule has 1 aromatic rings. The molecule has 0 amide bonds. The number of hydrogen-bond acceptors (Lipinski definition) is 2. The van der Waals surface area contributed by atoms with Crippen LogP contribution in [0.1, 0.15) is 51.5 Å². The van der Waals surface area contributed by atoms with Gasteiger partial charge in [0.2, 0.25) is 0 Å². The van der Waals surface area contributed by atoms with E-state index in [1.54, 1.807) is 0 Å². The fraction of sp³-hybridized carbons (Fsp3) is 0.632.